The van der Waals surface area contributed by atoms with Crippen LogP contribution in [0.25, 0.3) is 16.8 Å². The second-order valence-corrected chi connectivity index (χ2v) is 8.39. The molecule has 0 saturated heterocycles. The second-order valence-electron chi connectivity index (χ2n) is 8.39. The molecule has 0 bridgehead atoms. The molecule has 0 saturated carbocycles. The molecule has 0 aliphatic carbocycles. The largest absolute Gasteiger partial charge is 0.488 e. The van der Waals surface area contributed by atoms with E-state index in [0.29, 0.717) is 29.2 Å². The molecule has 37 heavy (non-hydrogen) atoms. The fourth-order valence-electron chi connectivity index (χ4n) is 3.79. The number of ether oxygens (including phenoxy) is 2. The first-order valence-corrected chi connectivity index (χ1v) is 11.9. The maximum atomic E-state index is 13.0. The lowest BCUT2D eigenvalue weighted by Gasteiger charge is -2.13. The summed E-state index contributed by atoms with van der Waals surface area (Å²) in [4.78, 5) is 24.9. The number of amides is 1. The highest BCUT2D eigenvalue weighted by atomic mass is 16.5. The first-order chi connectivity index (χ1) is 18.0. The van der Waals surface area contributed by atoms with Gasteiger partial charge in [0.1, 0.15) is 24.0 Å². The SMILES string of the molecule is CCOC(=O)c1ccc(NC(=O)/C(C#N)=C/c2c(OCc3ccc(C)cc3)ccc3ccccc23)cc1. The summed E-state index contributed by atoms with van der Waals surface area (Å²) in [6.45, 7) is 4.39. The van der Waals surface area contributed by atoms with Crippen molar-refractivity contribution in [3.63, 3.8) is 0 Å². The number of esters is 1. The third kappa shape index (κ3) is 6.22. The van der Waals surface area contributed by atoms with Crippen LogP contribution in [0.4, 0.5) is 5.69 Å². The van der Waals surface area contributed by atoms with E-state index in [4.69, 9.17) is 9.47 Å². The Kier molecular flexibility index (Phi) is 7.97. The van der Waals surface area contributed by atoms with Crippen molar-refractivity contribution in [1.82, 2.24) is 0 Å². The van der Waals surface area contributed by atoms with E-state index in [-0.39, 0.29) is 12.2 Å². The zero-order chi connectivity index (χ0) is 26.2. The van der Waals surface area contributed by atoms with Crippen molar-refractivity contribution >= 4 is 34.4 Å². The lowest BCUT2D eigenvalue weighted by molar-refractivity contribution is -0.112. The molecule has 4 aromatic rings. The molecule has 4 aromatic carbocycles. The summed E-state index contributed by atoms with van der Waals surface area (Å²) in [5, 5.41) is 14.4. The van der Waals surface area contributed by atoms with E-state index >= 15 is 0 Å². The van der Waals surface area contributed by atoms with E-state index in [1.54, 1.807) is 37.3 Å². The quantitative estimate of drug-likeness (QED) is 0.174. The van der Waals surface area contributed by atoms with Gasteiger partial charge in [-0.05, 0) is 66.6 Å². The molecule has 0 unspecified atom stereocenters. The van der Waals surface area contributed by atoms with Gasteiger partial charge in [0.2, 0.25) is 0 Å². The predicted octanol–water partition coefficient (Wildman–Crippen LogP) is 6.45. The van der Waals surface area contributed by atoms with E-state index in [1.807, 2.05) is 73.7 Å². The number of carbonyl (C=O) groups excluding carboxylic acids is 2. The molecule has 0 spiro atoms. The average Bonchev–Trinajstić information content (AvgIpc) is 2.92. The summed E-state index contributed by atoms with van der Waals surface area (Å²) < 4.78 is 11.1. The highest BCUT2D eigenvalue weighted by Crippen LogP contribution is 2.31. The Labute approximate surface area is 215 Å². The topological polar surface area (TPSA) is 88.4 Å². The van der Waals surface area contributed by atoms with Crippen LogP contribution in [-0.4, -0.2) is 18.5 Å². The van der Waals surface area contributed by atoms with Gasteiger partial charge in [0.25, 0.3) is 5.91 Å². The highest BCUT2D eigenvalue weighted by Gasteiger charge is 2.15. The molecular formula is C31H26N2O4. The summed E-state index contributed by atoms with van der Waals surface area (Å²) in [6, 6.07) is 27.9. The number of carbonyl (C=O) groups is 2. The van der Waals surface area contributed by atoms with Gasteiger partial charge in [-0.2, -0.15) is 5.26 Å². The number of hydrogen-bond acceptors (Lipinski definition) is 5. The minimum absolute atomic E-state index is 0.0778. The maximum Gasteiger partial charge on any atom is 0.338 e. The lowest BCUT2D eigenvalue weighted by Crippen LogP contribution is -2.14. The number of nitriles is 1. The van der Waals surface area contributed by atoms with Crippen LogP contribution in [0.1, 0.15) is 34.0 Å². The summed E-state index contributed by atoms with van der Waals surface area (Å²) in [5.74, 6) is -0.436. The van der Waals surface area contributed by atoms with Gasteiger partial charge in [-0.15, -0.1) is 0 Å². The number of rotatable bonds is 8. The smallest absolute Gasteiger partial charge is 0.338 e. The van der Waals surface area contributed by atoms with Crippen molar-refractivity contribution in [2.24, 2.45) is 0 Å². The van der Waals surface area contributed by atoms with Crippen molar-refractivity contribution in [2.75, 3.05) is 11.9 Å². The Hall–Kier alpha value is -4.89. The third-order valence-electron chi connectivity index (χ3n) is 5.75. The molecule has 0 aromatic heterocycles. The van der Waals surface area contributed by atoms with Gasteiger partial charge in [0, 0.05) is 11.3 Å². The Morgan fingerprint density at radius 3 is 2.38 bits per heavy atom. The fourth-order valence-corrected chi connectivity index (χ4v) is 3.79. The molecular weight excluding hydrogens is 464 g/mol. The van der Waals surface area contributed by atoms with Crippen molar-refractivity contribution in [2.45, 2.75) is 20.5 Å². The lowest BCUT2D eigenvalue weighted by atomic mass is 10.0. The molecule has 6 heteroatoms. The van der Waals surface area contributed by atoms with Crippen LogP contribution >= 0.6 is 0 Å². The number of nitrogens with zero attached hydrogens (tertiary/aromatic N) is 1. The number of fused-ring (bicyclic) bond motifs is 1. The third-order valence-corrected chi connectivity index (χ3v) is 5.75. The van der Waals surface area contributed by atoms with Crippen LogP contribution in [0.2, 0.25) is 0 Å². The molecule has 0 fully saturated rings. The van der Waals surface area contributed by atoms with Crippen molar-refractivity contribution in [3.8, 4) is 11.8 Å². The van der Waals surface area contributed by atoms with Crippen LogP contribution in [0.3, 0.4) is 0 Å². The minimum Gasteiger partial charge on any atom is -0.488 e. The molecule has 4 rings (SSSR count). The fraction of sp³-hybridized carbons (Fsp3) is 0.129. The average molecular weight is 491 g/mol. The van der Waals surface area contributed by atoms with Crippen LogP contribution < -0.4 is 10.1 Å². The molecule has 1 amide bonds. The van der Waals surface area contributed by atoms with Crippen molar-refractivity contribution < 1.29 is 19.1 Å². The number of hydrogen-bond donors (Lipinski definition) is 1. The number of aryl methyl sites for hydroxylation is 1. The van der Waals surface area contributed by atoms with Crippen molar-refractivity contribution in [1.29, 1.82) is 5.26 Å². The van der Waals surface area contributed by atoms with Crippen LogP contribution in [0.5, 0.6) is 5.75 Å². The normalized spacial score (nSPS) is 11.0. The van der Waals surface area contributed by atoms with Crippen LogP contribution in [0, 0.1) is 18.3 Å². The van der Waals surface area contributed by atoms with Crippen LogP contribution in [-0.2, 0) is 16.1 Å². The van der Waals surface area contributed by atoms with Gasteiger partial charge in [-0.3, -0.25) is 4.79 Å². The Balaban J connectivity index is 1.61. The van der Waals surface area contributed by atoms with Crippen LogP contribution in [0.15, 0.2) is 90.5 Å². The summed E-state index contributed by atoms with van der Waals surface area (Å²) in [5.41, 5.74) is 3.58. The van der Waals surface area contributed by atoms with Gasteiger partial charge in [-0.25, -0.2) is 4.79 Å². The van der Waals surface area contributed by atoms with E-state index in [1.165, 1.54) is 5.56 Å². The summed E-state index contributed by atoms with van der Waals surface area (Å²) >= 11 is 0. The molecule has 184 valence electrons. The summed E-state index contributed by atoms with van der Waals surface area (Å²) in [6.07, 6.45) is 1.55. The molecule has 0 atom stereocenters. The van der Waals surface area contributed by atoms with Gasteiger partial charge >= 0.3 is 5.97 Å². The van der Waals surface area contributed by atoms with Gasteiger partial charge in [0.15, 0.2) is 0 Å². The molecule has 0 radical (unpaired) electrons. The zero-order valence-electron chi connectivity index (χ0n) is 20.7. The van der Waals surface area contributed by atoms with Gasteiger partial charge in [-0.1, -0.05) is 60.2 Å². The zero-order valence-corrected chi connectivity index (χ0v) is 20.7. The van der Waals surface area contributed by atoms with Crippen molar-refractivity contribution in [3.05, 3.63) is 113 Å². The number of anilines is 1. The predicted molar refractivity (Wildman–Crippen MR) is 144 cm³/mol. The molecule has 0 heterocycles. The van der Waals surface area contributed by atoms with E-state index in [9.17, 15) is 14.9 Å². The standard InChI is InChI=1S/C31H26N2O4/c1-3-36-31(35)24-12-15-26(16-13-24)33-30(34)25(19-32)18-28-27-7-5-4-6-23(27)14-17-29(28)37-20-22-10-8-21(2)9-11-22/h4-18H,3,20H2,1-2H3,(H,33,34)/b25-18+. The Morgan fingerprint density at radius 1 is 0.946 bits per heavy atom. The molecule has 1 N–H and O–H groups in total. The molecule has 6 nitrogen and oxygen atoms in total. The Bertz CT molecular complexity index is 1500. The van der Waals surface area contributed by atoms with E-state index in [0.717, 1.165) is 16.3 Å². The summed E-state index contributed by atoms with van der Waals surface area (Å²) in [7, 11) is 0. The van der Waals surface area contributed by atoms with E-state index in [2.05, 4.69) is 5.32 Å². The van der Waals surface area contributed by atoms with E-state index < -0.39 is 11.9 Å². The highest BCUT2D eigenvalue weighted by molar-refractivity contribution is 6.11. The maximum absolute atomic E-state index is 13.0. The molecule has 0 aliphatic rings. The Morgan fingerprint density at radius 2 is 1.68 bits per heavy atom. The first-order valence-electron chi connectivity index (χ1n) is 11.9. The first kappa shape index (κ1) is 25.2. The van der Waals surface area contributed by atoms with Gasteiger partial charge < -0.3 is 14.8 Å². The minimum atomic E-state index is -0.566. The van der Waals surface area contributed by atoms with Gasteiger partial charge in [0.05, 0.1) is 12.2 Å². The number of benzene rings is 4. The molecule has 0 aliphatic heterocycles. The number of nitrogens with one attached hydrogen (secondary N) is 1. The second kappa shape index (κ2) is 11.7. The monoisotopic (exact) mass is 490 g/mol.